The van der Waals surface area contributed by atoms with E-state index in [0.717, 1.165) is 52.2 Å². The van der Waals surface area contributed by atoms with Crippen LogP contribution in [0.2, 0.25) is 0 Å². The zero-order valence-electron chi connectivity index (χ0n) is 19.0. The van der Waals surface area contributed by atoms with Gasteiger partial charge in [-0.05, 0) is 31.4 Å². The lowest BCUT2D eigenvalue weighted by atomic mass is 9.95. The Kier molecular flexibility index (Phi) is 4.90. The number of nitrogens with two attached hydrogens (primary N) is 1. The van der Waals surface area contributed by atoms with E-state index in [1.54, 1.807) is 0 Å². The zero-order valence-corrected chi connectivity index (χ0v) is 19.0. The Balaban J connectivity index is 1.59. The number of hydrogen-bond donors (Lipinski definition) is 2. The van der Waals surface area contributed by atoms with Gasteiger partial charge in [0.05, 0.1) is 22.8 Å². The summed E-state index contributed by atoms with van der Waals surface area (Å²) in [6.45, 7) is 0.482. The lowest BCUT2D eigenvalue weighted by molar-refractivity contribution is -0.122. The van der Waals surface area contributed by atoms with Crippen molar-refractivity contribution in [1.29, 1.82) is 0 Å². The molecule has 0 aliphatic carbocycles. The van der Waals surface area contributed by atoms with Gasteiger partial charge in [-0.15, -0.1) is 0 Å². The number of nitrogens with one attached hydrogen (secondary N) is 1. The largest absolute Gasteiger partial charge is 0.353 e. The smallest absolute Gasteiger partial charge is 0.259 e. The highest BCUT2D eigenvalue weighted by atomic mass is 16.5. The van der Waals surface area contributed by atoms with Crippen molar-refractivity contribution in [2.45, 2.75) is 31.6 Å². The summed E-state index contributed by atoms with van der Waals surface area (Å²) >= 11 is 0. The van der Waals surface area contributed by atoms with Gasteiger partial charge in [0.2, 0.25) is 0 Å². The predicted molar refractivity (Wildman–Crippen MR) is 132 cm³/mol. The average Bonchev–Trinajstić information content (AvgIpc) is 3.49. The van der Waals surface area contributed by atoms with Crippen molar-refractivity contribution in [3.63, 3.8) is 0 Å². The minimum atomic E-state index is -0.375. The second kappa shape index (κ2) is 7.97. The lowest BCUT2D eigenvalue weighted by Gasteiger charge is -2.30. The molecule has 2 aliphatic heterocycles. The molecule has 6 rings (SSSR count). The highest BCUT2D eigenvalue weighted by molar-refractivity contribution is 6.50. The van der Waals surface area contributed by atoms with Crippen LogP contribution >= 0.6 is 0 Å². The zero-order chi connectivity index (χ0) is 23.4. The van der Waals surface area contributed by atoms with Crippen molar-refractivity contribution >= 4 is 44.8 Å². The molecule has 0 radical (unpaired) electrons. The molecule has 3 N–H and O–H groups in total. The fourth-order valence-corrected chi connectivity index (χ4v) is 5.41. The minimum Gasteiger partial charge on any atom is -0.353 e. The summed E-state index contributed by atoms with van der Waals surface area (Å²) in [5.74, 6) is -0.745. The van der Waals surface area contributed by atoms with Gasteiger partial charge in [-0.25, -0.2) is 0 Å². The number of benzene rings is 2. The number of ether oxygens (including phenoxy) is 1. The molecule has 4 heterocycles. The Morgan fingerprint density at radius 3 is 2.24 bits per heavy atom. The molecular weight excluding hydrogens is 428 g/mol. The number of para-hydroxylation sites is 2. The maximum Gasteiger partial charge on any atom is 0.259 e. The number of aromatic nitrogens is 2. The van der Waals surface area contributed by atoms with E-state index in [1.165, 1.54) is 0 Å². The molecule has 2 amide bonds. The maximum atomic E-state index is 13.2. The van der Waals surface area contributed by atoms with Crippen LogP contribution in [0.3, 0.4) is 0 Å². The van der Waals surface area contributed by atoms with E-state index < -0.39 is 0 Å². The number of carbonyl (C=O) groups is 2. The van der Waals surface area contributed by atoms with Crippen molar-refractivity contribution < 1.29 is 14.3 Å². The summed E-state index contributed by atoms with van der Waals surface area (Å²) in [5, 5.41) is 4.39. The Morgan fingerprint density at radius 2 is 1.53 bits per heavy atom. The summed E-state index contributed by atoms with van der Waals surface area (Å²) in [6.07, 6.45) is 6.59. The van der Waals surface area contributed by atoms with E-state index in [1.807, 2.05) is 72.5 Å². The second-order valence-electron chi connectivity index (χ2n) is 9.05. The van der Waals surface area contributed by atoms with E-state index in [2.05, 4.69) is 9.88 Å². The van der Waals surface area contributed by atoms with Crippen LogP contribution in [0.25, 0.3) is 33.0 Å². The van der Waals surface area contributed by atoms with Crippen LogP contribution in [0.4, 0.5) is 0 Å². The SMILES string of the molecule is Cn1cc(C2=C(c3cn(C4CCCC(CN)O4)c4ccccc34)C(=O)NC2=O)c2ccccc21. The number of rotatable bonds is 4. The third-order valence-corrected chi connectivity index (χ3v) is 7.01. The molecule has 0 spiro atoms. The number of nitrogens with zero attached hydrogens (tertiary/aromatic N) is 2. The molecule has 34 heavy (non-hydrogen) atoms. The van der Waals surface area contributed by atoms with Gasteiger partial charge in [0.25, 0.3) is 11.8 Å². The van der Waals surface area contributed by atoms with Crippen LogP contribution < -0.4 is 11.1 Å². The van der Waals surface area contributed by atoms with E-state index in [-0.39, 0.29) is 24.1 Å². The summed E-state index contributed by atoms with van der Waals surface area (Å²) in [5.41, 5.74) is 10.2. The van der Waals surface area contributed by atoms with E-state index in [4.69, 9.17) is 10.5 Å². The first-order valence-electron chi connectivity index (χ1n) is 11.7. The number of hydrogen-bond acceptors (Lipinski definition) is 4. The summed E-state index contributed by atoms with van der Waals surface area (Å²) in [7, 11) is 1.95. The van der Waals surface area contributed by atoms with E-state index in [9.17, 15) is 9.59 Å². The van der Waals surface area contributed by atoms with Gasteiger partial charge < -0.3 is 19.6 Å². The molecule has 0 bridgehead atoms. The Hall–Kier alpha value is -3.68. The average molecular weight is 455 g/mol. The first kappa shape index (κ1) is 20.9. The third kappa shape index (κ3) is 3.12. The number of fused-ring (bicyclic) bond motifs is 2. The third-order valence-electron chi connectivity index (χ3n) is 7.01. The summed E-state index contributed by atoms with van der Waals surface area (Å²) in [4.78, 5) is 26.3. The Bertz CT molecular complexity index is 1490. The molecule has 1 saturated heterocycles. The Morgan fingerprint density at radius 1 is 0.912 bits per heavy atom. The van der Waals surface area contributed by atoms with Gasteiger partial charge in [-0.3, -0.25) is 14.9 Å². The summed E-state index contributed by atoms with van der Waals surface area (Å²) in [6, 6.07) is 15.9. The van der Waals surface area contributed by atoms with Crippen LogP contribution in [0.5, 0.6) is 0 Å². The summed E-state index contributed by atoms with van der Waals surface area (Å²) < 4.78 is 10.4. The van der Waals surface area contributed by atoms with Crippen LogP contribution in [-0.2, 0) is 21.4 Å². The quantitative estimate of drug-likeness (QED) is 0.460. The molecule has 2 aromatic carbocycles. The highest BCUT2D eigenvalue weighted by Crippen LogP contribution is 2.40. The van der Waals surface area contributed by atoms with Gasteiger partial charge in [-0.1, -0.05) is 36.4 Å². The first-order valence-corrected chi connectivity index (χ1v) is 11.7. The van der Waals surface area contributed by atoms with Gasteiger partial charge in [-0.2, -0.15) is 0 Å². The number of amides is 2. The molecule has 0 saturated carbocycles. The van der Waals surface area contributed by atoms with Crippen LogP contribution in [0.15, 0.2) is 60.9 Å². The van der Waals surface area contributed by atoms with Gasteiger partial charge >= 0.3 is 0 Å². The minimum absolute atomic E-state index is 0.0187. The van der Waals surface area contributed by atoms with Gasteiger partial charge in [0.1, 0.15) is 6.23 Å². The fourth-order valence-electron chi connectivity index (χ4n) is 5.41. The van der Waals surface area contributed by atoms with Crippen molar-refractivity contribution in [1.82, 2.24) is 14.5 Å². The van der Waals surface area contributed by atoms with Crippen molar-refractivity contribution in [3.8, 4) is 0 Å². The van der Waals surface area contributed by atoms with Crippen LogP contribution in [0, 0.1) is 0 Å². The number of aryl methyl sites for hydroxylation is 1. The lowest BCUT2D eigenvalue weighted by Crippen LogP contribution is -2.31. The molecule has 2 aliphatic rings. The number of imide groups is 1. The van der Waals surface area contributed by atoms with Gasteiger partial charge in [0.15, 0.2) is 0 Å². The molecule has 4 aromatic rings. The first-order chi connectivity index (χ1) is 16.6. The highest BCUT2D eigenvalue weighted by Gasteiger charge is 2.36. The van der Waals surface area contributed by atoms with Crippen molar-refractivity contribution in [2.24, 2.45) is 12.8 Å². The van der Waals surface area contributed by atoms with Crippen LogP contribution in [0.1, 0.15) is 36.6 Å². The molecule has 2 atom stereocenters. The monoisotopic (exact) mass is 454 g/mol. The van der Waals surface area contributed by atoms with Gasteiger partial charge in [0, 0.05) is 53.4 Å². The van der Waals surface area contributed by atoms with Crippen molar-refractivity contribution in [2.75, 3.05) is 6.54 Å². The number of carbonyl (C=O) groups excluding carboxylic acids is 2. The molecule has 7 heteroatoms. The molecular formula is C27H26N4O3. The molecule has 172 valence electrons. The molecule has 2 aromatic heterocycles. The maximum absolute atomic E-state index is 13.2. The topological polar surface area (TPSA) is 91.3 Å². The molecule has 1 fully saturated rings. The standard InChI is InChI=1S/C27H26N4O3/c1-30-14-19(17-8-2-4-10-21(17)30)24-25(27(33)29-26(24)32)20-15-31(22-11-5-3-9-18(20)22)23-12-6-7-16(13-28)34-23/h2-5,8-11,14-16,23H,6-7,12-13,28H2,1H3,(H,29,32,33). The van der Waals surface area contributed by atoms with E-state index >= 15 is 0 Å². The second-order valence-corrected chi connectivity index (χ2v) is 9.05. The van der Waals surface area contributed by atoms with Crippen molar-refractivity contribution in [3.05, 3.63) is 72.1 Å². The van der Waals surface area contributed by atoms with Crippen LogP contribution in [-0.4, -0.2) is 33.6 Å². The Labute approximate surface area is 196 Å². The predicted octanol–water partition coefficient (Wildman–Crippen LogP) is 3.73. The van der Waals surface area contributed by atoms with E-state index in [0.29, 0.717) is 17.7 Å². The molecule has 2 unspecified atom stereocenters. The molecule has 7 nitrogen and oxygen atoms in total. The normalized spacial score (nSPS) is 21.1. The fraction of sp³-hybridized carbons (Fsp3) is 0.259.